The number of benzene rings is 2. The predicted octanol–water partition coefficient (Wildman–Crippen LogP) is 4.58. The van der Waals surface area contributed by atoms with Gasteiger partial charge in [0.15, 0.2) is 0 Å². The highest BCUT2D eigenvalue weighted by atomic mass is 32.2. The van der Waals surface area contributed by atoms with E-state index in [0.29, 0.717) is 5.56 Å². The van der Waals surface area contributed by atoms with E-state index >= 15 is 0 Å². The largest absolute Gasteiger partial charge is 0.465 e. The monoisotopic (exact) mass is 391 g/mol. The molecule has 1 aromatic heterocycles. The Kier molecular flexibility index (Phi) is 4.96. The molecule has 28 heavy (non-hydrogen) atoms. The van der Waals surface area contributed by atoms with Gasteiger partial charge in [-0.25, -0.2) is 4.79 Å². The van der Waals surface area contributed by atoms with Crippen LogP contribution in [0.15, 0.2) is 65.8 Å². The maximum absolute atomic E-state index is 11.7. The van der Waals surface area contributed by atoms with Gasteiger partial charge in [-0.2, -0.15) is 5.10 Å². The molecule has 3 aromatic rings. The number of nitrogens with one attached hydrogen (secondary N) is 1. The number of carbonyl (C=O) groups is 1. The summed E-state index contributed by atoms with van der Waals surface area (Å²) >= 11 is 1.72. The topological polar surface area (TPSA) is 55.6 Å². The molecule has 2 heterocycles. The third kappa shape index (κ3) is 3.31. The van der Waals surface area contributed by atoms with Gasteiger partial charge in [-0.05, 0) is 44.2 Å². The molecule has 6 heteroatoms. The van der Waals surface area contributed by atoms with Crippen LogP contribution in [-0.2, 0) is 4.74 Å². The molecule has 2 aromatic carbocycles. The third-order valence-corrected chi connectivity index (χ3v) is 5.98. The van der Waals surface area contributed by atoms with Gasteiger partial charge in [-0.1, -0.05) is 42.1 Å². The number of rotatable bonds is 4. The minimum absolute atomic E-state index is 0.0736. The smallest absolute Gasteiger partial charge is 0.337 e. The summed E-state index contributed by atoms with van der Waals surface area (Å²) < 4.78 is 6.97. The van der Waals surface area contributed by atoms with Gasteiger partial charge in [0.05, 0.1) is 12.7 Å². The second-order valence-corrected chi connectivity index (χ2v) is 7.70. The number of hydrogen-bond donors (Lipinski definition) is 1. The number of esters is 1. The van der Waals surface area contributed by atoms with Gasteiger partial charge in [0.1, 0.15) is 10.4 Å². The molecule has 4 rings (SSSR count). The van der Waals surface area contributed by atoms with Crippen molar-refractivity contribution in [1.29, 1.82) is 0 Å². The Morgan fingerprint density at radius 2 is 1.82 bits per heavy atom. The van der Waals surface area contributed by atoms with Crippen LogP contribution in [0.4, 0.5) is 0 Å². The van der Waals surface area contributed by atoms with Gasteiger partial charge in [0.2, 0.25) is 0 Å². The molecule has 0 spiro atoms. The van der Waals surface area contributed by atoms with Gasteiger partial charge in [-0.3, -0.25) is 5.43 Å². The van der Waals surface area contributed by atoms with E-state index in [0.717, 1.165) is 27.7 Å². The van der Waals surface area contributed by atoms with Crippen LogP contribution in [0.2, 0.25) is 0 Å². The van der Waals surface area contributed by atoms with E-state index in [1.54, 1.807) is 23.9 Å². The quantitative estimate of drug-likeness (QED) is 0.662. The Bertz CT molecular complexity index is 1040. The summed E-state index contributed by atoms with van der Waals surface area (Å²) in [5, 5.41) is 5.60. The summed E-state index contributed by atoms with van der Waals surface area (Å²) in [6, 6.07) is 19.9. The molecule has 1 N–H and O–H groups in total. The van der Waals surface area contributed by atoms with Crippen molar-refractivity contribution in [3.8, 4) is 5.69 Å². The molecular weight excluding hydrogens is 370 g/mol. The van der Waals surface area contributed by atoms with Crippen molar-refractivity contribution in [2.45, 2.75) is 19.2 Å². The van der Waals surface area contributed by atoms with Crippen LogP contribution < -0.4 is 5.43 Å². The maximum Gasteiger partial charge on any atom is 0.337 e. The standard InChI is InChI=1S/C22H21N3O2S/c1-14-13-19(21-24-23-20(28-21)16-7-5-4-6-8-16)15(2)25(14)18-11-9-17(10-12-18)22(26)27-3/h4-13,21,24H,1-3H3/t21-/m0/s1. The first kappa shape index (κ1) is 18.4. The van der Waals surface area contributed by atoms with Crippen molar-refractivity contribution in [1.82, 2.24) is 9.99 Å². The number of ether oxygens (including phenoxy) is 1. The number of hydrazone groups is 1. The van der Waals surface area contributed by atoms with Gasteiger partial charge >= 0.3 is 5.97 Å². The zero-order valence-corrected chi connectivity index (χ0v) is 16.8. The Balaban J connectivity index is 1.59. The molecular formula is C22H21N3O2S. The second-order valence-electron chi connectivity index (χ2n) is 6.61. The molecule has 142 valence electrons. The van der Waals surface area contributed by atoms with Crippen molar-refractivity contribution >= 4 is 22.8 Å². The number of carbonyl (C=O) groups excluding carboxylic acids is 1. The van der Waals surface area contributed by atoms with E-state index in [-0.39, 0.29) is 11.3 Å². The zero-order valence-electron chi connectivity index (χ0n) is 16.0. The summed E-state index contributed by atoms with van der Waals surface area (Å²) in [5.74, 6) is -0.328. The highest BCUT2D eigenvalue weighted by Crippen LogP contribution is 2.37. The minimum atomic E-state index is -0.328. The average Bonchev–Trinajstić information content (AvgIpc) is 3.33. The van der Waals surface area contributed by atoms with Crippen molar-refractivity contribution in [2.24, 2.45) is 5.10 Å². The van der Waals surface area contributed by atoms with Crippen LogP contribution in [0.5, 0.6) is 0 Å². The van der Waals surface area contributed by atoms with Crippen molar-refractivity contribution < 1.29 is 9.53 Å². The molecule has 0 fully saturated rings. The van der Waals surface area contributed by atoms with Crippen molar-refractivity contribution in [3.05, 3.63) is 88.7 Å². The Morgan fingerprint density at radius 1 is 1.11 bits per heavy atom. The lowest BCUT2D eigenvalue weighted by atomic mass is 10.2. The Hall–Kier alpha value is -2.99. The average molecular weight is 391 g/mol. The number of methoxy groups -OCH3 is 1. The minimum Gasteiger partial charge on any atom is -0.465 e. The first-order valence-electron chi connectivity index (χ1n) is 9.01. The first-order chi connectivity index (χ1) is 13.6. The first-order valence-corrected chi connectivity index (χ1v) is 9.89. The van der Waals surface area contributed by atoms with E-state index in [4.69, 9.17) is 4.74 Å². The van der Waals surface area contributed by atoms with Crippen molar-refractivity contribution in [2.75, 3.05) is 7.11 Å². The lowest BCUT2D eigenvalue weighted by molar-refractivity contribution is 0.0601. The van der Waals surface area contributed by atoms with Crippen LogP contribution in [0, 0.1) is 13.8 Å². The molecule has 1 aliphatic heterocycles. The van der Waals surface area contributed by atoms with Gasteiger partial charge in [0.25, 0.3) is 0 Å². The van der Waals surface area contributed by atoms with E-state index < -0.39 is 0 Å². The number of aryl methyl sites for hydroxylation is 1. The van der Waals surface area contributed by atoms with Crippen LogP contribution in [-0.4, -0.2) is 22.7 Å². The molecule has 0 unspecified atom stereocenters. The summed E-state index contributed by atoms with van der Waals surface area (Å²) in [6.07, 6.45) is 0. The zero-order chi connectivity index (χ0) is 19.7. The van der Waals surface area contributed by atoms with Gasteiger partial charge < -0.3 is 9.30 Å². The lowest BCUT2D eigenvalue weighted by Crippen LogP contribution is -2.08. The molecule has 0 bridgehead atoms. The van der Waals surface area contributed by atoms with Crippen LogP contribution in [0.25, 0.3) is 5.69 Å². The van der Waals surface area contributed by atoms with Crippen LogP contribution in [0.1, 0.15) is 38.2 Å². The fourth-order valence-electron chi connectivity index (χ4n) is 3.44. The van der Waals surface area contributed by atoms with E-state index in [2.05, 4.69) is 47.1 Å². The fourth-order valence-corrected chi connectivity index (χ4v) is 4.51. The molecule has 1 aliphatic rings. The summed E-state index contributed by atoms with van der Waals surface area (Å²) in [6.45, 7) is 4.20. The van der Waals surface area contributed by atoms with Crippen LogP contribution >= 0.6 is 11.8 Å². The number of thioether (sulfide) groups is 1. The normalized spacial score (nSPS) is 15.8. The lowest BCUT2D eigenvalue weighted by Gasteiger charge is -2.13. The van der Waals surface area contributed by atoms with Gasteiger partial charge in [-0.15, -0.1) is 0 Å². The summed E-state index contributed by atoms with van der Waals surface area (Å²) in [4.78, 5) is 11.7. The molecule has 0 saturated heterocycles. The highest BCUT2D eigenvalue weighted by Gasteiger charge is 2.26. The van der Waals surface area contributed by atoms with E-state index in [9.17, 15) is 4.79 Å². The molecule has 5 nitrogen and oxygen atoms in total. The Labute approximate surface area is 168 Å². The molecule has 0 saturated carbocycles. The SMILES string of the molecule is COC(=O)c1ccc(-n2c(C)cc([C@H]3NN=C(c4ccccc4)S3)c2C)cc1. The fraction of sp³-hybridized carbons (Fsp3) is 0.182. The molecule has 1 atom stereocenters. The molecule has 0 radical (unpaired) electrons. The highest BCUT2D eigenvalue weighted by molar-refractivity contribution is 8.14. The Morgan fingerprint density at radius 3 is 2.50 bits per heavy atom. The number of nitrogens with zero attached hydrogens (tertiary/aromatic N) is 2. The molecule has 0 aliphatic carbocycles. The number of hydrogen-bond acceptors (Lipinski definition) is 5. The number of aromatic nitrogens is 1. The maximum atomic E-state index is 11.7. The van der Waals surface area contributed by atoms with Crippen LogP contribution in [0.3, 0.4) is 0 Å². The molecule has 0 amide bonds. The van der Waals surface area contributed by atoms with E-state index in [1.807, 2.05) is 30.3 Å². The second kappa shape index (κ2) is 7.56. The third-order valence-electron chi connectivity index (χ3n) is 4.83. The summed E-state index contributed by atoms with van der Waals surface area (Å²) in [5.41, 5.74) is 9.43. The van der Waals surface area contributed by atoms with Crippen molar-refractivity contribution in [3.63, 3.8) is 0 Å². The van der Waals surface area contributed by atoms with Gasteiger partial charge in [0, 0.05) is 28.2 Å². The summed E-state index contributed by atoms with van der Waals surface area (Å²) in [7, 11) is 1.39. The predicted molar refractivity (Wildman–Crippen MR) is 113 cm³/mol. The van der Waals surface area contributed by atoms with E-state index in [1.165, 1.54) is 12.7 Å².